The normalized spacial score (nSPS) is 13.3. The van der Waals surface area contributed by atoms with Gasteiger partial charge >= 0.3 is 0 Å². The number of ether oxygens (including phenoxy) is 2. The Morgan fingerprint density at radius 2 is 1.77 bits per heavy atom. The first-order chi connectivity index (χ1) is 14.6. The summed E-state index contributed by atoms with van der Waals surface area (Å²) >= 11 is 5.90. The zero-order valence-electron chi connectivity index (χ0n) is 16.3. The van der Waals surface area contributed by atoms with Gasteiger partial charge in [0, 0.05) is 17.1 Å². The monoisotopic (exact) mass is 425 g/mol. The lowest BCUT2D eigenvalue weighted by molar-refractivity contribution is 0.0728. The van der Waals surface area contributed by atoms with E-state index in [0.717, 1.165) is 22.4 Å². The second-order valence-corrected chi connectivity index (χ2v) is 7.55. The van der Waals surface area contributed by atoms with Gasteiger partial charge in [0.2, 0.25) is 0 Å². The fourth-order valence-electron chi connectivity index (χ4n) is 3.38. The average Bonchev–Trinajstić information content (AvgIpc) is 2.97. The van der Waals surface area contributed by atoms with E-state index in [1.54, 1.807) is 17.0 Å². The number of rotatable bonds is 5. The van der Waals surface area contributed by atoms with Crippen molar-refractivity contribution in [3.05, 3.63) is 99.8 Å². The molecule has 0 bridgehead atoms. The number of fused-ring (bicyclic) bond motifs is 1. The van der Waals surface area contributed by atoms with Crippen molar-refractivity contribution < 1.29 is 18.7 Å². The predicted molar refractivity (Wildman–Crippen MR) is 113 cm³/mol. The van der Waals surface area contributed by atoms with Crippen LogP contribution in [0.15, 0.2) is 66.7 Å². The van der Waals surface area contributed by atoms with Crippen LogP contribution in [-0.4, -0.2) is 24.0 Å². The summed E-state index contributed by atoms with van der Waals surface area (Å²) in [5.41, 5.74) is 2.97. The van der Waals surface area contributed by atoms with E-state index in [-0.39, 0.29) is 11.5 Å². The molecule has 154 valence electrons. The van der Waals surface area contributed by atoms with Gasteiger partial charge in [-0.2, -0.15) is 0 Å². The Balaban J connectivity index is 1.44. The van der Waals surface area contributed by atoms with Crippen molar-refractivity contribution >= 4 is 17.5 Å². The van der Waals surface area contributed by atoms with Gasteiger partial charge in [-0.1, -0.05) is 41.9 Å². The maximum atomic E-state index is 14.1. The molecule has 1 amide bonds. The largest absolute Gasteiger partial charge is 0.491 e. The molecule has 6 heteroatoms. The molecule has 0 aliphatic carbocycles. The van der Waals surface area contributed by atoms with Gasteiger partial charge in [0.1, 0.15) is 18.2 Å². The Labute approximate surface area is 179 Å². The van der Waals surface area contributed by atoms with Crippen LogP contribution in [0.3, 0.4) is 0 Å². The molecule has 0 unspecified atom stereocenters. The summed E-state index contributed by atoms with van der Waals surface area (Å²) in [5, 5.41) is 0.694. The number of halogens is 2. The lowest BCUT2D eigenvalue weighted by Gasteiger charge is -2.20. The molecule has 0 radical (unpaired) electrons. The predicted octanol–water partition coefficient (Wildman–Crippen LogP) is 5.23. The third-order valence-corrected chi connectivity index (χ3v) is 5.20. The highest BCUT2D eigenvalue weighted by atomic mass is 35.5. The number of carbonyl (C=O) groups is 1. The van der Waals surface area contributed by atoms with Gasteiger partial charge in [0.15, 0.2) is 0 Å². The molecule has 0 spiro atoms. The summed E-state index contributed by atoms with van der Waals surface area (Å²) < 4.78 is 25.7. The molecule has 0 fully saturated rings. The second kappa shape index (κ2) is 9.28. The van der Waals surface area contributed by atoms with E-state index in [9.17, 15) is 9.18 Å². The van der Waals surface area contributed by atoms with E-state index < -0.39 is 5.82 Å². The number of nitrogens with zero attached hydrogens (tertiary/aromatic N) is 1. The summed E-state index contributed by atoms with van der Waals surface area (Å²) in [6.45, 7) is 2.01. The van der Waals surface area contributed by atoms with Crippen molar-refractivity contribution in [2.75, 3.05) is 13.2 Å². The summed E-state index contributed by atoms with van der Waals surface area (Å²) in [7, 11) is 0. The van der Waals surface area contributed by atoms with E-state index in [0.29, 0.717) is 37.9 Å². The smallest absolute Gasteiger partial charge is 0.257 e. The second-order valence-electron chi connectivity index (χ2n) is 7.12. The molecule has 4 nitrogen and oxygen atoms in total. The van der Waals surface area contributed by atoms with E-state index in [4.69, 9.17) is 21.1 Å². The Morgan fingerprint density at radius 1 is 1.03 bits per heavy atom. The van der Waals surface area contributed by atoms with Crippen LogP contribution in [0, 0.1) is 5.82 Å². The molecule has 30 heavy (non-hydrogen) atoms. The number of amides is 1. The zero-order chi connectivity index (χ0) is 20.9. The molecule has 0 N–H and O–H groups in total. The van der Waals surface area contributed by atoms with Crippen LogP contribution in [0.2, 0.25) is 5.02 Å². The van der Waals surface area contributed by atoms with Crippen LogP contribution < -0.4 is 4.74 Å². The lowest BCUT2D eigenvalue weighted by atomic mass is 10.1. The third-order valence-electron chi connectivity index (χ3n) is 4.95. The van der Waals surface area contributed by atoms with E-state index in [2.05, 4.69) is 0 Å². The quantitative estimate of drug-likeness (QED) is 0.561. The van der Waals surface area contributed by atoms with Gasteiger partial charge in [0.25, 0.3) is 5.91 Å². The summed E-state index contributed by atoms with van der Waals surface area (Å²) in [6, 6.07) is 19.4. The summed E-state index contributed by atoms with van der Waals surface area (Å²) in [6.07, 6.45) is 0. The first-order valence-corrected chi connectivity index (χ1v) is 10.1. The van der Waals surface area contributed by atoms with Gasteiger partial charge in [-0.3, -0.25) is 4.79 Å². The fourth-order valence-corrected chi connectivity index (χ4v) is 3.51. The molecular formula is C24H21ClFNO3. The molecule has 3 aromatic rings. The lowest BCUT2D eigenvalue weighted by Crippen LogP contribution is -2.33. The Bertz CT molecular complexity index is 1040. The van der Waals surface area contributed by atoms with Gasteiger partial charge < -0.3 is 14.4 Å². The van der Waals surface area contributed by atoms with Gasteiger partial charge in [-0.15, -0.1) is 0 Å². The van der Waals surface area contributed by atoms with E-state index in [1.807, 2.05) is 42.5 Å². The van der Waals surface area contributed by atoms with Crippen LogP contribution in [-0.2, 0) is 24.5 Å². The van der Waals surface area contributed by atoms with E-state index in [1.165, 1.54) is 12.1 Å². The number of benzene rings is 3. The van der Waals surface area contributed by atoms with Crippen LogP contribution in [0.4, 0.5) is 4.39 Å². The summed E-state index contributed by atoms with van der Waals surface area (Å²) in [4.78, 5) is 14.4. The standard InChI is InChI=1S/C24H21ClFNO3/c25-20-8-5-17(6-9-20)15-29-16-18-7-10-23-19(13-18)14-27(11-12-30-23)24(28)21-3-1-2-4-22(21)26/h1-10,13H,11-12,14-16H2. The highest BCUT2D eigenvalue weighted by molar-refractivity contribution is 6.30. The van der Waals surface area contributed by atoms with Crippen molar-refractivity contribution in [1.82, 2.24) is 4.90 Å². The van der Waals surface area contributed by atoms with Crippen LogP contribution >= 0.6 is 11.6 Å². The van der Waals surface area contributed by atoms with E-state index >= 15 is 0 Å². The molecule has 1 aliphatic heterocycles. The van der Waals surface area contributed by atoms with Crippen molar-refractivity contribution in [1.29, 1.82) is 0 Å². The van der Waals surface area contributed by atoms with Gasteiger partial charge in [-0.05, 0) is 47.5 Å². The summed E-state index contributed by atoms with van der Waals surface area (Å²) in [5.74, 6) is -0.119. The zero-order valence-corrected chi connectivity index (χ0v) is 17.1. The fraction of sp³-hybridized carbons (Fsp3) is 0.208. The highest BCUT2D eigenvalue weighted by Crippen LogP contribution is 2.26. The minimum absolute atomic E-state index is 0.0726. The Morgan fingerprint density at radius 3 is 2.57 bits per heavy atom. The topological polar surface area (TPSA) is 38.8 Å². The molecule has 0 aromatic heterocycles. The van der Waals surface area contributed by atoms with Crippen molar-refractivity contribution in [3.8, 4) is 5.75 Å². The maximum Gasteiger partial charge on any atom is 0.257 e. The molecule has 3 aromatic carbocycles. The Kier molecular flexibility index (Phi) is 6.31. The Hall–Kier alpha value is -2.89. The molecule has 4 rings (SSSR count). The number of hydrogen-bond acceptors (Lipinski definition) is 3. The average molecular weight is 426 g/mol. The minimum Gasteiger partial charge on any atom is -0.491 e. The minimum atomic E-state index is -0.516. The van der Waals surface area contributed by atoms with Crippen LogP contribution in [0.5, 0.6) is 5.75 Å². The molecule has 0 saturated heterocycles. The maximum absolute atomic E-state index is 14.1. The van der Waals surface area contributed by atoms with Crippen molar-refractivity contribution in [3.63, 3.8) is 0 Å². The van der Waals surface area contributed by atoms with Gasteiger partial charge in [0.05, 0.1) is 25.3 Å². The highest BCUT2D eigenvalue weighted by Gasteiger charge is 2.23. The van der Waals surface area contributed by atoms with Gasteiger partial charge in [-0.25, -0.2) is 4.39 Å². The molecule has 1 aliphatic rings. The van der Waals surface area contributed by atoms with Crippen molar-refractivity contribution in [2.24, 2.45) is 0 Å². The first kappa shape index (κ1) is 20.4. The first-order valence-electron chi connectivity index (χ1n) is 9.71. The van der Waals surface area contributed by atoms with Crippen molar-refractivity contribution in [2.45, 2.75) is 19.8 Å². The molecular weight excluding hydrogens is 405 g/mol. The molecule has 0 atom stereocenters. The number of hydrogen-bond donors (Lipinski definition) is 0. The molecule has 0 saturated carbocycles. The number of carbonyl (C=O) groups excluding carboxylic acids is 1. The third kappa shape index (κ3) is 4.81. The van der Waals surface area contributed by atoms with Crippen LogP contribution in [0.25, 0.3) is 0 Å². The molecule has 1 heterocycles. The SMILES string of the molecule is O=C(c1ccccc1F)N1CCOc2ccc(COCc3ccc(Cl)cc3)cc2C1. The van der Waals surface area contributed by atoms with Crippen LogP contribution in [0.1, 0.15) is 27.0 Å².